The first kappa shape index (κ1) is 6.80. The fourth-order valence-corrected chi connectivity index (χ4v) is 0.289. The van der Waals surface area contributed by atoms with Crippen LogP contribution >= 0.6 is 22.6 Å². The van der Waals surface area contributed by atoms with Crippen LogP contribution in [-0.4, -0.2) is 10.1 Å². The summed E-state index contributed by atoms with van der Waals surface area (Å²) in [4.78, 5) is 18.9. The minimum Gasteiger partial charge on any atom is -0.262 e. The van der Waals surface area contributed by atoms with Crippen molar-refractivity contribution in [2.75, 3.05) is 0 Å². The van der Waals surface area contributed by atoms with E-state index in [2.05, 4.69) is 0 Å². The molecule has 0 aromatic heterocycles. The van der Waals surface area contributed by atoms with Crippen molar-refractivity contribution < 1.29 is 14.0 Å². The molecule has 0 rings (SSSR count). The van der Waals surface area contributed by atoms with Gasteiger partial charge in [-0.1, -0.05) is 0 Å². The van der Waals surface area contributed by atoms with Gasteiger partial charge in [0.15, 0.2) is 0 Å². The monoisotopic (exact) mass is 217 g/mol. The van der Waals surface area contributed by atoms with E-state index >= 15 is 0 Å². The zero-order valence-corrected chi connectivity index (χ0v) is 5.23. The lowest BCUT2D eigenvalue weighted by molar-refractivity contribution is 0.220. The lowest BCUT2D eigenvalue weighted by Gasteiger charge is -1.82. The van der Waals surface area contributed by atoms with Crippen molar-refractivity contribution in [2.45, 2.75) is 0 Å². The van der Waals surface area contributed by atoms with Crippen LogP contribution in [0, 0.1) is 0 Å². The first-order chi connectivity index (χ1) is 3.13. The van der Waals surface area contributed by atoms with Crippen molar-refractivity contribution in [2.24, 2.45) is 0 Å². The molecule has 1 N–H and O–H groups in total. The second-order valence-electron chi connectivity index (χ2n) is 0.672. The molecular formula is C2HFINO2. The van der Waals surface area contributed by atoms with Crippen LogP contribution in [-0.2, 0) is 0 Å². The Balaban J connectivity index is 3.32. The molecule has 0 aromatic carbocycles. The first-order valence-corrected chi connectivity index (χ1v) is 2.36. The summed E-state index contributed by atoms with van der Waals surface area (Å²) >= 11 is 1.25. The number of hydrogen-bond acceptors (Lipinski definition) is 2. The van der Waals surface area contributed by atoms with Crippen molar-refractivity contribution in [3.63, 3.8) is 0 Å². The van der Waals surface area contributed by atoms with Crippen molar-refractivity contribution in [3.8, 4) is 0 Å². The summed E-state index contributed by atoms with van der Waals surface area (Å²) in [5.41, 5.74) is 0. The standard InChI is InChI=1S/C2HFINO2/c3-1(6)5-2(4)7/h(H,5,6,7). The molecule has 0 heterocycles. The van der Waals surface area contributed by atoms with Gasteiger partial charge in [0.2, 0.25) is 0 Å². The molecule has 0 atom stereocenters. The second-order valence-corrected chi connectivity index (χ2v) is 1.65. The Hall–Kier alpha value is -0.200. The minimum atomic E-state index is -1.82. The Morgan fingerprint density at radius 2 is 2.00 bits per heavy atom. The van der Waals surface area contributed by atoms with Gasteiger partial charge < -0.3 is 0 Å². The highest BCUT2D eigenvalue weighted by atomic mass is 127. The largest absolute Gasteiger partial charge is 0.404 e. The molecule has 0 spiro atoms. The number of rotatable bonds is 0. The molecule has 5 heteroatoms. The maximum absolute atomic E-state index is 11.0. The molecule has 40 valence electrons. The molecule has 0 fully saturated rings. The predicted molar refractivity (Wildman–Crippen MR) is 29.1 cm³/mol. The Bertz CT molecular complexity index is 91.9. The van der Waals surface area contributed by atoms with Crippen molar-refractivity contribution >= 4 is 32.7 Å². The van der Waals surface area contributed by atoms with Gasteiger partial charge in [-0.05, 0) is 0 Å². The molecule has 0 aliphatic rings. The van der Waals surface area contributed by atoms with Crippen LogP contribution in [0.3, 0.4) is 0 Å². The summed E-state index contributed by atoms with van der Waals surface area (Å²) < 4.78 is 10.3. The summed E-state index contributed by atoms with van der Waals surface area (Å²) in [5, 5.41) is 1.35. The van der Waals surface area contributed by atoms with Gasteiger partial charge in [0, 0.05) is 22.6 Å². The van der Waals surface area contributed by atoms with Crippen molar-refractivity contribution in [1.82, 2.24) is 5.32 Å². The fraction of sp³-hybridized carbons (Fsp3) is 0. The highest BCUT2D eigenvalue weighted by Crippen LogP contribution is 1.82. The molecule has 0 radical (unpaired) electrons. The third-order valence-corrected chi connectivity index (χ3v) is 0.466. The lowest BCUT2D eigenvalue weighted by atomic mass is 11.1. The predicted octanol–water partition coefficient (Wildman–Crippen LogP) is 1.22. The third-order valence-electron chi connectivity index (χ3n) is 0.197. The molecule has 0 aliphatic carbocycles. The van der Waals surface area contributed by atoms with Crippen molar-refractivity contribution in [3.05, 3.63) is 0 Å². The van der Waals surface area contributed by atoms with Gasteiger partial charge >= 0.3 is 6.16 Å². The number of hydrogen-bond donors (Lipinski definition) is 1. The van der Waals surface area contributed by atoms with E-state index in [0.29, 0.717) is 0 Å². The highest BCUT2D eigenvalue weighted by molar-refractivity contribution is 14.1. The van der Waals surface area contributed by atoms with Gasteiger partial charge in [-0.3, -0.25) is 10.1 Å². The quantitative estimate of drug-likeness (QED) is 0.376. The number of amides is 2. The molecule has 3 nitrogen and oxygen atoms in total. The molecule has 7 heavy (non-hydrogen) atoms. The Morgan fingerprint density at radius 3 is 2.00 bits per heavy atom. The smallest absolute Gasteiger partial charge is 0.262 e. The van der Waals surface area contributed by atoms with E-state index in [0.717, 1.165) is 0 Å². The van der Waals surface area contributed by atoms with Gasteiger partial charge in [-0.2, -0.15) is 0 Å². The number of nitrogens with one attached hydrogen (secondary N) is 1. The third kappa shape index (κ3) is 5.80. The maximum Gasteiger partial charge on any atom is 0.404 e. The Kier molecular flexibility index (Phi) is 2.81. The average Bonchev–Trinajstić information content (AvgIpc) is 1.27. The topological polar surface area (TPSA) is 46.2 Å². The normalized spacial score (nSPS) is 7.71. The molecule has 0 aromatic rings. The summed E-state index contributed by atoms with van der Waals surface area (Å²) in [6.45, 7) is 0. The summed E-state index contributed by atoms with van der Waals surface area (Å²) in [7, 11) is 0. The van der Waals surface area contributed by atoms with Crippen LogP contribution in [0.2, 0.25) is 0 Å². The molecule has 0 bridgehead atoms. The first-order valence-electron chi connectivity index (χ1n) is 1.29. The van der Waals surface area contributed by atoms with Crippen LogP contribution in [0.5, 0.6) is 0 Å². The Labute approximate surface area is 52.4 Å². The number of halogens is 2. The summed E-state index contributed by atoms with van der Waals surface area (Å²) in [6.07, 6.45) is -1.82. The number of carbonyl (C=O) groups excluding carboxylic acids is 2. The van der Waals surface area contributed by atoms with Crippen LogP contribution < -0.4 is 5.32 Å². The molecule has 0 saturated heterocycles. The van der Waals surface area contributed by atoms with Gasteiger partial charge in [-0.25, -0.2) is 4.79 Å². The molecule has 2 amide bonds. The minimum absolute atomic E-state index is 0.717. The Morgan fingerprint density at radius 1 is 1.57 bits per heavy atom. The molecule has 0 saturated carbocycles. The zero-order valence-electron chi connectivity index (χ0n) is 3.07. The van der Waals surface area contributed by atoms with Crippen molar-refractivity contribution in [1.29, 1.82) is 0 Å². The van der Waals surface area contributed by atoms with Gasteiger partial charge in [0.05, 0.1) is 0 Å². The fourth-order valence-electron chi connectivity index (χ4n) is 0.0773. The van der Waals surface area contributed by atoms with E-state index in [1.165, 1.54) is 27.9 Å². The van der Waals surface area contributed by atoms with Crippen LogP contribution in [0.4, 0.5) is 14.0 Å². The average molecular weight is 217 g/mol. The molecular weight excluding hydrogens is 216 g/mol. The lowest BCUT2D eigenvalue weighted by Crippen LogP contribution is -2.18. The number of imide groups is 1. The van der Waals surface area contributed by atoms with E-state index in [1.54, 1.807) is 0 Å². The van der Waals surface area contributed by atoms with Crippen LogP contribution in [0.15, 0.2) is 0 Å². The summed E-state index contributed by atoms with van der Waals surface area (Å²) in [5.74, 6) is 0. The van der Waals surface area contributed by atoms with E-state index in [9.17, 15) is 14.0 Å². The van der Waals surface area contributed by atoms with E-state index in [4.69, 9.17) is 0 Å². The maximum atomic E-state index is 11.0. The molecule has 0 aliphatic heterocycles. The van der Waals surface area contributed by atoms with E-state index in [-0.39, 0.29) is 0 Å². The van der Waals surface area contributed by atoms with Gasteiger partial charge in [-0.15, -0.1) is 4.39 Å². The highest BCUT2D eigenvalue weighted by Gasteiger charge is 1.97. The van der Waals surface area contributed by atoms with Crippen LogP contribution in [0.25, 0.3) is 0 Å². The van der Waals surface area contributed by atoms with E-state index in [1.807, 2.05) is 0 Å². The van der Waals surface area contributed by atoms with E-state index < -0.39 is 10.1 Å². The number of carbonyl (C=O) groups is 2. The van der Waals surface area contributed by atoms with Crippen LogP contribution in [0.1, 0.15) is 0 Å². The SMILES string of the molecule is O=C(F)NC(=O)I. The zero-order chi connectivity index (χ0) is 5.86. The van der Waals surface area contributed by atoms with Gasteiger partial charge in [0.25, 0.3) is 3.91 Å². The molecule has 0 unspecified atom stereocenters. The van der Waals surface area contributed by atoms with Gasteiger partial charge in [0.1, 0.15) is 0 Å². The second kappa shape index (κ2) is 2.89. The summed E-state index contributed by atoms with van der Waals surface area (Å²) in [6, 6.07) is 0.